The molecule has 0 saturated heterocycles. The third-order valence-electron chi connectivity index (χ3n) is 6.81. The third-order valence-corrected chi connectivity index (χ3v) is 8.88. The lowest BCUT2D eigenvalue weighted by atomic mass is 9.82. The van der Waals surface area contributed by atoms with Gasteiger partial charge in [-0.25, -0.2) is 0 Å². The topological polar surface area (TPSA) is 21.7 Å². The maximum atomic E-state index is 6.23. The van der Waals surface area contributed by atoms with E-state index in [9.17, 15) is 0 Å². The number of anilines is 1. The van der Waals surface area contributed by atoms with Crippen LogP contribution in [0.4, 0.5) is 5.69 Å². The van der Waals surface area contributed by atoms with Crippen LogP contribution in [-0.2, 0) is 15.3 Å². The van der Waals surface area contributed by atoms with Crippen LogP contribution < -0.4 is 14.9 Å². The number of benzene rings is 2. The van der Waals surface area contributed by atoms with E-state index < -0.39 is 0 Å². The lowest BCUT2D eigenvalue weighted by molar-refractivity contribution is 0.0495. The quantitative estimate of drug-likeness (QED) is 0.253. The van der Waals surface area contributed by atoms with Crippen LogP contribution in [0.2, 0.25) is 0 Å². The molecule has 34 heavy (non-hydrogen) atoms. The van der Waals surface area contributed by atoms with E-state index >= 15 is 0 Å². The summed E-state index contributed by atoms with van der Waals surface area (Å²) in [6.45, 7) is 25.5. The minimum absolute atomic E-state index is 0.0599. The number of aryl methyl sites for hydroxylation is 2. The minimum Gasteiger partial charge on any atom is -0.467 e. The van der Waals surface area contributed by atoms with Crippen molar-refractivity contribution >= 4 is 19.6 Å². The number of rotatable bonds is 10. The fraction of sp³-hybridized carbons (Fsp3) is 0.600. The zero-order chi connectivity index (χ0) is 25.8. The van der Waals surface area contributed by atoms with Crippen LogP contribution >= 0.6 is 8.58 Å². The molecule has 0 aromatic heterocycles. The Kier molecular flexibility index (Phi) is 9.65. The number of hydrogen-bond acceptors (Lipinski definition) is 3. The molecule has 4 heteroatoms. The van der Waals surface area contributed by atoms with E-state index in [4.69, 9.17) is 9.47 Å². The largest absolute Gasteiger partial charge is 0.467 e. The van der Waals surface area contributed by atoms with E-state index in [2.05, 4.69) is 111 Å². The highest BCUT2D eigenvalue weighted by atomic mass is 31.1. The lowest BCUT2D eigenvalue weighted by Gasteiger charge is -2.38. The van der Waals surface area contributed by atoms with Gasteiger partial charge < -0.3 is 14.4 Å². The van der Waals surface area contributed by atoms with Gasteiger partial charge in [0.05, 0.1) is 0 Å². The molecule has 0 aliphatic carbocycles. The highest BCUT2D eigenvalue weighted by Crippen LogP contribution is 2.50. The van der Waals surface area contributed by atoms with Gasteiger partial charge in [0.15, 0.2) is 6.79 Å². The van der Waals surface area contributed by atoms with Gasteiger partial charge in [-0.3, -0.25) is 0 Å². The smallest absolute Gasteiger partial charge is 0.188 e. The van der Waals surface area contributed by atoms with Crippen molar-refractivity contribution in [3.63, 3.8) is 0 Å². The van der Waals surface area contributed by atoms with E-state index in [1.165, 1.54) is 33.2 Å². The van der Waals surface area contributed by atoms with Crippen LogP contribution in [0.3, 0.4) is 0 Å². The summed E-state index contributed by atoms with van der Waals surface area (Å²) in [5, 5.41) is 1.40. The molecule has 0 aliphatic rings. The lowest BCUT2D eigenvalue weighted by Crippen LogP contribution is -2.40. The maximum Gasteiger partial charge on any atom is 0.188 e. The van der Waals surface area contributed by atoms with Crippen molar-refractivity contribution in [3.05, 3.63) is 52.6 Å². The zero-order valence-electron chi connectivity index (χ0n) is 23.7. The van der Waals surface area contributed by atoms with Crippen molar-refractivity contribution < 1.29 is 9.47 Å². The molecule has 0 saturated carbocycles. The second-order valence-electron chi connectivity index (χ2n) is 11.3. The number of hydrogen-bond donors (Lipinski definition) is 0. The molecule has 0 fully saturated rings. The first kappa shape index (κ1) is 28.7. The molecular weight excluding hydrogens is 437 g/mol. The van der Waals surface area contributed by atoms with Crippen molar-refractivity contribution in [2.45, 2.75) is 105 Å². The average Bonchev–Trinajstić information content (AvgIpc) is 2.73. The number of nitrogens with zero attached hydrogens (tertiary/aromatic N) is 1. The van der Waals surface area contributed by atoms with Gasteiger partial charge in [-0.2, -0.15) is 0 Å². The van der Waals surface area contributed by atoms with Gasteiger partial charge in [-0.1, -0.05) is 67.5 Å². The summed E-state index contributed by atoms with van der Waals surface area (Å²) < 4.78 is 11.5. The molecule has 0 bridgehead atoms. The summed E-state index contributed by atoms with van der Waals surface area (Å²) in [5.41, 5.74) is 6.63. The highest BCUT2D eigenvalue weighted by molar-refractivity contribution is 7.49. The fourth-order valence-corrected chi connectivity index (χ4v) is 6.40. The predicted octanol–water partition coefficient (Wildman–Crippen LogP) is 7.84. The second-order valence-corrected chi connectivity index (χ2v) is 13.2. The van der Waals surface area contributed by atoms with E-state index in [0.717, 1.165) is 12.2 Å². The first-order chi connectivity index (χ1) is 15.8. The van der Waals surface area contributed by atoms with Crippen LogP contribution in [0.25, 0.3) is 0 Å². The normalized spacial score (nSPS) is 14.3. The summed E-state index contributed by atoms with van der Waals surface area (Å²) in [4.78, 5) is 2.56. The monoisotopic (exact) mass is 485 g/mol. The molecular formula is C30H48NO2P. The van der Waals surface area contributed by atoms with Crippen LogP contribution in [0, 0.1) is 13.8 Å². The van der Waals surface area contributed by atoms with Crippen molar-refractivity contribution in [2.24, 2.45) is 0 Å². The molecule has 2 aromatic carbocycles. The molecule has 2 atom stereocenters. The molecule has 0 radical (unpaired) electrons. The molecule has 3 nitrogen and oxygen atoms in total. The Morgan fingerprint density at radius 1 is 0.941 bits per heavy atom. The summed E-state index contributed by atoms with van der Waals surface area (Å²) >= 11 is 0. The van der Waals surface area contributed by atoms with Gasteiger partial charge in [0.2, 0.25) is 0 Å². The Labute approximate surface area is 211 Å². The SMILES string of the molecule is CCC(C)(Pc1c(C)cccc1N(C(C)C)C(C)C)c1cc(C(C)(C)C)cc(C)c1OCOC. The molecule has 0 amide bonds. The van der Waals surface area contributed by atoms with Crippen LogP contribution in [-0.4, -0.2) is 26.0 Å². The van der Waals surface area contributed by atoms with Gasteiger partial charge in [0, 0.05) is 35.6 Å². The van der Waals surface area contributed by atoms with Crippen LogP contribution in [0.5, 0.6) is 5.75 Å². The Bertz CT molecular complexity index is 953. The molecule has 0 spiro atoms. The summed E-state index contributed by atoms with van der Waals surface area (Å²) in [6, 6.07) is 12.3. The molecule has 2 aromatic rings. The van der Waals surface area contributed by atoms with Gasteiger partial charge in [-0.15, -0.1) is 0 Å². The van der Waals surface area contributed by atoms with Crippen LogP contribution in [0.1, 0.15) is 91.0 Å². The standard InChI is InChI=1S/C30H48NO2P/c1-13-30(11,25-18-24(29(8,9)10)17-23(7)27(25)33-19-32-12)34-28-22(6)15-14-16-26(28)31(20(2)3)21(4)5/h14-18,20-21,34H,13,19H2,1-12H3. The fourth-order valence-electron chi connectivity index (χ4n) is 4.73. The first-order valence-electron chi connectivity index (χ1n) is 12.7. The molecule has 0 aliphatic heterocycles. The Balaban J connectivity index is 2.74. The van der Waals surface area contributed by atoms with Gasteiger partial charge in [-0.05, 0) is 81.4 Å². The van der Waals surface area contributed by atoms with Gasteiger partial charge in [0.1, 0.15) is 5.75 Å². The summed E-state index contributed by atoms with van der Waals surface area (Å²) in [6.07, 6.45) is 1.03. The molecule has 190 valence electrons. The van der Waals surface area contributed by atoms with Gasteiger partial charge in [0.25, 0.3) is 0 Å². The third kappa shape index (κ3) is 6.35. The van der Waals surface area contributed by atoms with E-state index in [-0.39, 0.29) is 17.4 Å². The van der Waals surface area contributed by atoms with Gasteiger partial charge >= 0.3 is 0 Å². The summed E-state index contributed by atoms with van der Waals surface area (Å²) in [7, 11) is 2.30. The summed E-state index contributed by atoms with van der Waals surface area (Å²) in [5.74, 6) is 0.978. The van der Waals surface area contributed by atoms with Crippen molar-refractivity contribution in [3.8, 4) is 5.75 Å². The number of ether oxygens (including phenoxy) is 2. The van der Waals surface area contributed by atoms with Crippen molar-refractivity contribution in [1.29, 1.82) is 0 Å². The highest BCUT2D eigenvalue weighted by Gasteiger charge is 2.33. The maximum absolute atomic E-state index is 6.23. The van der Waals surface area contributed by atoms with E-state index in [0.29, 0.717) is 20.7 Å². The van der Waals surface area contributed by atoms with E-state index in [1.807, 2.05) is 0 Å². The van der Waals surface area contributed by atoms with Crippen molar-refractivity contribution in [2.75, 3.05) is 18.8 Å². The average molecular weight is 486 g/mol. The number of methoxy groups -OCH3 is 1. The second kappa shape index (κ2) is 11.4. The zero-order valence-corrected chi connectivity index (χ0v) is 24.7. The van der Waals surface area contributed by atoms with Crippen molar-refractivity contribution in [1.82, 2.24) is 0 Å². The Morgan fingerprint density at radius 3 is 2.06 bits per heavy atom. The Hall–Kier alpha value is -1.57. The minimum atomic E-state index is -0.0599. The molecule has 2 unspecified atom stereocenters. The molecule has 0 heterocycles. The van der Waals surface area contributed by atoms with E-state index in [1.54, 1.807) is 7.11 Å². The van der Waals surface area contributed by atoms with Crippen LogP contribution in [0.15, 0.2) is 30.3 Å². The first-order valence-corrected chi connectivity index (χ1v) is 13.7. The Morgan fingerprint density at radius 2 is 1.56 bits per heavy atom. The molecule has 2 rings (SSSR count). The molecule has 0 N–H and O–H groups in total. The predicted molar refractivity (Wildman–Crippen MR) is 152 cm³/mol.